The molecule has 0 atom stereocenters. The third-order valence-corrected chi connectivity index (χ3v) is 4.08. The van der Waals surface area contributed by atoms with E-state index in [1.54, 1.807) is 24.3 Å². The highest BCUT2D eigenvalue weighted by atomic mass is 32.2. The van der Waals surface area contributed by atoms with E-state index in [1.807, 2.05) is 6.92 Å². The summed E-state index contributed by atoms with van der Waals surface area (Å²) in [5.41, 5.74) is 6.75. The van der Waals surface area contributed by atoms with Crippen molar-refractivity contribution in [2.45, 2.75) is 18.2 Å². The number of hydrogen-bond acceptors (Lipinski definition) is 4. The fourth-order valence-corrected chi connectivity index (χ4v) is 2.67. The largest absolute Gasteiger partial charge is 0.379 e. The molecule has 2 N–H and O–H groups in total. The Kier molecular flexibility index (Phi) is 4.28. The van der Waals surface area contributed by atoms with Crippen LogP contribution >= 0.6 is 0 Å². The van der Waals surface area contributed by atoms with Crippen molar-refractivity contribution in [3.05, 3.63) is 59.7 Å². The predicted molar refractivity (Wildman–Crippen MR) is 78.3 cm³/mol. The summed E-state index contributed by atoms with van der Waals surface area (Å²) in [6, 6.07) is 12.6. The van der Waals surface area contributed by atoms with Crippen molar-refractivity contribution in [3.8, 4) is 5.75 Å². The van der Waals surface area contributed by atoms with E-state index in [0.29, 0.717) is 5.56 Å². The number of aryl methyl sites for hydroxylation is 1. The van der Waals surface area contributed by atoms with Crippen LogP contribution in [0.2, 0.25) is 0 Å². The SMILES string of the molecule is Cc1ccc(S(=O)(=O)Oc2ccc(CC(N)=O)cc2)cc1. The van der Waals surface area contributed by atoms with Gasteiger partial charge < -0.3 is 9.92 Å². The third-order valence-electron chi connectivity index (χ3n) is 2.82. The standard InChI is InChI=1S/C15H15NO4S/c1-11-2-8-14(9-3-11)21(18,19)20-13-6-4-12(5-7-13)10-15(16)17/h2-9H,10H2,1H3,(H2,16,17). The van der Waals surface area contributed by atoms with Gasteiger partial charge in [0.05, 0.1) is 6.42 Å². The van der Waals surface area contributed by atoms with Crippen molar-refractivity contribution in [3.63, 3.8) is 0 Å². The number of amides is 1. The number of hydrogen-bond donors (Lipinski definition) is 1. The first-order chi connectivity index (χ1) is 9.87. The minimum Gasteiger partial charge on any atom is -0.379 e. The number of nitrogens with two attached hydrogens (primary N) is 1. The molecule has 0 aromatic heterocycles. The molecule has 0 aliphatic heterocycles. The van der Waals surface area contributed by atoms with Crippen molar-refractivity contribution >= 4 is 16.0 Å². The first-order valence-electron chi connectivity index (χ1n) is 6.25. The first-order valence-corrected chi connectivity index (χ1v) is 7.66. The number of primary amides is 1. The highest BCUT2D eigenvalue weighted by Gasteiger charge is 2.16. The van der Waals surface area contributed by atoms with Crippen LogP contribution in [-0.2, 0) is 21.3 Å². The smallest absolute Gasteiger partial charge is 0.339 e. The Morgan fingerprint density at radius 3 is 2.14 bits per heavy atom. The minimum atomic E-state index is -3.86. The molecule has 21 heavy (non-hydrogen) atoms. The maximum Gasteiger partial charge on any atom is 0.339 e. The normalized spacial score (nSPS) is 11.1. The fraction of sp³-hybridized carbons (Fsp3) is 0.133. The highest BCUT2D eigenvalue weighted by molar-refractivity contribution is 7.87. The average Bonchev–Trinajstić information content (AvgIpc) is 2.40. The lowest BCUT2D eigenvalue weighted by Crippen LogP contribution is -2.13. The van der Waals surface area contributed by atoms with Crippen LogP contribution in [-0.4, -0.2) is 14.3 Å². The molecule has 0 saturated carbocycles. The summed E-state index contributed by atoms with van der Waals surface area (Å²) < 4.78 is 29.2. The molecule has 110 valence electrons. The van der Waals surface area contributed by atoms with Gasteiger partial charge in [-0.1, -0.05) is 29.8 Å². The van der Waals surface area contributed by atoms with E-state index in [9.17, 15) is 13.2 Å². The summed E-state index contributed by atoms with van der Waals surface area (Å²) in [4.78, 5) is 10.9. The van der Waals surface area contributed by atoms with E-state index in [4.69, 9.17) is 9.92 Å². The van der Waals surface area contributed by atoms with Crippen LogP contribution in [0.5, 0.6) is 5.75 Å². The lowest BCUT2D eigenvalue weighted by atomic mass is 10.1. The van der Waals surface area contributed by atoms with Gasteiger partial charge in [-0.05, 0) is 36.8 Å². The van der Waals surface area contributed by atoms with Crippen molar-refractivity contribution in [2.24, 2.45) is 5.73 Å². The van der Waals surface area contributed by atoms with Gasteiger partial charge in [-0.25, -0.2) is 0 Å². The second kappa shape index (κ2) is 5.97. The minimum absolute atomic E-state index is 0.0920. The van der Waals surface area contributed by atoms with Gasteiger partial charge in [0.1, 0.15) is 10.6 Å². The highest BCUT2D eigenvalue weighted by Crippen LogP contribution is 2.19. The van der Waals surface area contributed by atoms with Gasteiger partial charge in [0.2, 0.25) is 5.91 Å². The molecule has 5 nitrogen and oxygen atoms in total. The fourth-order valence-electron chi connectivity index (χ4n) is 1.74. The quantitative estimate of drug-likeness (QED) is 0.853. The molecule has 0 heterocycles. The van der Waals surface area contributed by atoms with E-state index >= 15 is 0 Å². The molecule has 2 aromatic carbocycles. The van der Waals surface area contributed by atoms with Crippen molar-refractivity contribution < 1.29 is 17.4 Å². The molecule has 1 amide bonds. The van der Waals surface area contributed by atoms with Crippen LogP contribution in [0.3, 0.4) is 0 Å². The van der Waals surface area contributed by atoms with Gasteiger partial charge in [0.25, 0.3) is 0 Å². The molecule has 0 aliphatic rings. The zero-order chi connectivity index (χ0) is 15.5. The zero-order valence-electron chi connectivity index (χ0n) is 11.4. The molecular weight excluding hydrogens is 290 g/mol. The molecule has 0 radical (unpaired) electrons. The van der Waals surface area contributed by atoms with Crippen molar-refractivity contribution in [2.75, 3.05) is 0 Å². The van der Waals surface area contributed by atoms with Crippen LogP contribution in [0.25, 0.3) is 0 Å². The predicted octanol–water partition coefficient (Wildman–Crippen LogP) is 1.79. The molecule has 0 aliphatic carbocycles. The van der Waals surface area contributed by atoms with Crippen LogP contribution in [0, 0.1) is 6.92 Å². The van der Waals surface area contributed by atoms with Gasteiger partial charge in [-0.3, -0.25) is 4.79 Å². The van der Waals surface area contributed by atoms with E-state index in [0.717, 1.165) is 5.56 Å². The van der Waals surface area contributed by atoms with Gasteiger partial charge in [0.15, 0.2) is 0 Å². The first kappa shape index (κ1) is 15.1. The molecular formula is C15H15NO4S. The molecule has 2 rings (SSSR count). The van der Waals surface area contributed by atoms with Gasteiger partial charge >= 0.3 is 10.1 Å². The Labute approximate surface area is 123 Å². The lowest BCUT2D eigenvalue weighted by Gasteiger charge is -2.07. The summed E-state index contributed by atoms with van der Waals surface area (Å²) in [6.07, 6.45) is 0.102. The van der Waals surface area contributed by atoms with Crippen LogP contribution in [0.1, 0.15) is 11.1 Å². The summed E-state index contributed by atoms with van der Waals surface area (Å²) in [5, 5.41) is 0. The molecule has 6 heteroatoms. The average molecular weight is 305 g/mol. The molecule has 2 aromatic rings. The summed E-state index contributed by atoms with van der Waals surface area (Å²) in [5.74, 6) is -0.264. The van der Waals surface area contributed by atoms with E-state index in [1.165, 1.54) is 24.3 Å². The van der Waals surface area contributed by atoms with Crippen molar-refractivity contribution in [1.82, 2.24) is 0 Å². The summed E-state index contributed by atoms with van der Waals surface area (Å²) in [7, 11) is -3.86. The van der Waals surface area contributed by atoms with Crippen LogP contribution in [0.4, 0.5) is 0 Å². The molecule has 0 spiro atoms. The van der Waals surface area contributed by atoms with Crippen LogP contribution in [0.15, 0.2) is 53.4 Å². The van der Waals surface area contributed by atoms with Gasteiger partial charge in [-0.15, -0.1) is 0 Å². The Balaban J connectivity index is 2.16. The van der Waals surface area contributed by atoms with Gasteiger partial charge in [0, 0.05) is 0 Å². The number of carbonyl (C=O) groups is 1. The monoisotopic (exact) mass is 305 g/mol. The number of benzene rings is 2. The Hall–Kier alpha value is -2.34. The molecule has 0 saturated heterocycles. The van der Waals surface area contributed by atoms with E-state index in [-0.39, 0.29) is 17.1 Å². The molecule has 0 fully saturated rings. The van der Waals surface area contributed by atoms with E-state index in [2.05, 4.69) is 0 Å². The number of carbonyl (C=O) groups excluding carboxylic acids is 1. The summed E-state index contributed by atoms with van der Waals surface area (Å²) in [6.45, 7) is 1.87. The Bertz CT molecular complexity index is 734. The van der Waals surface area contributed by atoms with Crippen LogP contribution < -0.4 is 9.92 Å². The molecule has 0 bridgehead atoms. The topological polar surface area (TPSA) is 86.5 Å². The Morgan fingerprint density at radius 2 is 1.62 bits per heavy atom. The Morgan fingerprint density at radius 1 is 1.05 bits per heavy atom. The van der Waals surface area contributed by atoms with Gasteiger partial charge in [-0.2, -0.15) is 8.42 Å². The zero-order valence-corrected chi connectivity index (χ0v) is 12.3. The second-order valence-electron chi connectivity index (χ2n) is 4.64. The maximum atomic E-state index is 12.1. The lowest BCUT2D eigenvalue weighted by molar-refractivity contribution is -0.117. The third kappa shape index (κ3) is 4.06. The summed E-state index contributed by atoms with van der Waals surface area (Å²) >= 11 is 0. The molecule has 0 unspecified atom stereocenters. The van der Waals surface area contributed by atoms with E-state index < -0.39 is 16.0 Å². The maximum absolute atomic E-state index is 12.1. The second-order valence-corrected chi connectivity index (χ2v) is 6.18. The number of rotatable bonds is 5. The van der Waals surface area contributed by atoms with Crippen molar-refractivity contribution in [1.29, 1.82) is 0 Å².